The minimum absolute atomic E-state index is 0.000731. The maximum Gasteiger partial charge on any atom is 0.247 e. The first-order valence-electron chi connectivity index (χ1n) is 10.8. The Bertz CT molecular complexity index is 893. The van der Waals surface area contributed by atoms with E-state index < -0.39 is 6.04 Å². The highest BCUT2D eigenvalue weighted by Crippen LogP contribution is 2.41. The van der Waals surface area contributed by atoms with Gasteiger partial charge in [-0.05, 0) is 31.7 Å². The topological polar surface area (TPSA) is 63.6 Å². The van der Waals surface area contributed by atoms with Gasteiger partial charge in [0.2, 0.25) is 11.8 Å². The van der Waals surface area contributed by atoms with E-state index in [0.29, 0.717) is 44.4 Å². The van der Waals surface area contributed by atoms with Gasteiger partial charge in [-0.15, -0.1) is 0 Å². The number of hydrogen-bond donors (Lipinski definition) is 1. The molecule has 3 rings (SSSR count). The number of aromatic nitrogens is 1. The smallest absolute Gasteiger partial charge is 0.247 e. The van der Waals surface area contributed by atoms with E-state index in [-0.39, 0.29) is 11.8 Å². The van der Waals surface area contributed by atoms with Crippen LogP contribution in [-0.4, -0.2) is 53.3 Å². The van der Waals surface area contributed by atoms with E-state index in [0.717, 1.165) is 27.9 Å². The summed E-state index contributed by atoms with van der Waals surface area (Å²) >= 11 is 1.53. The molecule has 0 aliphatic carbocycles. The van der Waals surface area contributed by atoms with Gasteiger partial charge in [-0.1, -0.05) is 43.8 Å². The molecule has 1 aromatic heterocycles. The highest BCUT2D eigenvalue weighted by Gasteiger charge is 2.38. The fourth-order valence-electron chi connectivity index (χ4n) is 3.94. The van der Waals surface area contributed by atoms with Crippen LogP contribution >= 0.6 is 11.8 Å². The van der Waals surface area contributed by atoms with E-state index in [1.807, 2.05) is 26.1 Å². The molecular weight excluding hydrogens is 398 g/mol. The van der Waals surface area contributed by atoms with Crippen molar-refractivity contribution < 1.29 is 14.3 Å². The van der Waals surface area contributed by atoms with Crippen LogP contribution in [-0.2, 0) is 21.4 Å². The van der Waals surface area contributed by atoms with Crippen LogP contribution < -0.4 is 5.32 Å². The minimum Gasteiger partial charge on any atom is -0.382 e. The highest BCUT2D eigenvalue weighted by atomic mass is 32.2. The summed E-state index contributed by atoms with van der Waals surface area (Å²) in [5, 5.41) is 5.13. The number of carbonyl (C=O) groups is 2. The van der Waals surface area contributed by atoms with Crippen molar-refractivity contribution in [3.8, 4) is 0 Å². The summed E-state index contributed by atoms with van der Waals surface area (Å²) in [7, 11) is 2.01. The lowest BCUT2D eigenvalue weighted by molar-refractivity contribution is -0.139. The first kappa shape index (κ1) is 22.7. The second-order valence-electron chi connectivity index (χ2n) is 8.10. The Hall–Kier alpha value is -1.99. The van der Waals surface area contributed by atoms with Crippen molar-refractivity contribution in [2.45, 2.75) is 44.7 Å². The third-order valence-electron chi connectivity index (χ3n) is 5.49. The van der Waals surface area contributed by atoms with Crippen molar-refractivity contribution in [1.29, 1.82) is 0 Å². The Morgan fingerprint density at radius 2 is 2.10 bits per heavy atom. The van der Waals surface area contributed by atoms with Crippen molar-refractivity contribution >= 4 is 34.5 Å². The van der Waals surface area contributed by atoms with Crippen LogP contribution in [0.1, 0.15) is 45.2 Å². The molecule has 6 nitrogen and oxygen atoms in total. The summed E-state index contributed by atoms with van der Waals surface area (Å²) < 4.78 is 7.59. The zero-order chi connectivity index (χ0) is 21.7. The van der Waals surface area contributed by atoms with Crippen molar-refractivity contribution in [2.24, 2.45) is 13.0 Å². The molecule has 1 aromatic carbocycles. The molecule has 30 heavy (non-hydrogen) atoms. The third-order valence-corrected chi connectivity index (χ3v) is 6.65. The maximum absolute atomic E-state index is 13.4. The Morgan fingerprint density at radius 1 is 1.33 bits per heavy atom. The number of para-hydroxylation sites is 1. The normalized spacial score (nSPS) is 16.8. The standard InChI is InChI=1S/C23H33N3O3S/c1-5-29-14-8-13-26-19(27)15-30-23-20(17-9-6-7-10-18(17)25(23)4)21(26)22(28)24-12-11-16(2)3/h6-7,9-10,16,21H,5,8,11-15H2,1-4H3,(H,24,28)/t21-/m0/s1. The number of fused-ring (bicyclic) bond motifs is 3. The second-order valence-corrected chi connectivity index (χ2v) is 9.06. The van der Waals surface area contributed by atoms with Crippen LogP contribution in [0.25, 0.3) is 10.9 Å². The summed E-state index contributed by atoms with van der Waals surface area (Å²) in [6.07, 6.45) is 1.62. The summed E-state index contributed by atoms with van der Waals surface area (Å²) in [5.74, 6) is 0.745. The Morgan fingerprint density at radius 3 is 2.83 bits per heavy atom. The van der Waals surface area contributed by atoms with E-state index in [2.05, 4.69) is 35.9 Å². The molecule has 0 unspecified atom stereocenters. The summed E-state index contributed by atoms with van der Waals surface area (Å²) in [4.78, 5) is 28.3. The number of ether oxygens (including phenoxy) is 1. The van der Waals surface area contributed by atoms with Crippen LogP contribution in [0.4, 0.5) is 0 Å². The van der Waals surface area contributed by atoms with Gasteiger partial charge in [0.1, 0.15) is 6.04 Å². The van der Waals surface area contributed by atoms with Gasteiger partial charge in [0.05, 0.1) is 10.8 Å². The molecule has 1 aliphatic rings. The van der Waals surface area contributed by atoms with Crippen molar-refractivity contribution in [3.05, 3.63) is 29.8 Å². The molecule has 2 aromatic rings. The Labute approximate surface area is 183 Å². The molecule has 0 radical (unpaired) electrons. The summed E-state index contributed by atoms with van der Waals surface area (Å²) in [6, 6.07) is 7.50. The number of hydrogen-bond acceptors (Lipinski definition) is 4. The van der Waals surface area contributed by atoms with Gasteiger partial charge < -0.3 is 19.5 Å². The Kier molecular flexibility index (Phi) is 7.83. The quantitative estimate of drug-likeness (QED) is 0.615. The van der Waals surface area contributed by atoms with Crippen molar-refractivity contribution in [1.82, 2.24) is 14.8 Å². The molecule has 1 aliphatic heterocycles. The summed E-state index contributed by atoms with van der Waals surface area (Å²) in [5.41, 5.74) is 2.03. The van der Waals surface area contributed by atoms with Gasteiger partial charge >= 0.3 is 0 Å². The largest absolute Gasteiger partial charge is 0.382 e. The molecule has 7 heteroatoms. The van der Waals surface area contributed by atoms with Gasteiger partial charge in [0.25, 0.3) is 0 Å². The molecule has 0 saturated carbocycles. The van der Waals surface area contributed by atoms with Gasteiger partial charge in [0.15, 0.2) is 0 Å². The molecule has 0 saturated heterocycles. The number of nitrogens with zero attached hydrogens (tertiary/aromatic N) is 2. The van der Waals surface area contributed by atoms with Crippen LogP contribution in [0.15, 0.2) is 29.3 Å². The van der Waals surface area contributed by atoms with Gasteiger partial charge in [-0.25, -0.2) is 0 Å². The average molecular weight is 432 g/mol. The number of nitrogens with one attached hydrogen (secondary N) is 1. The number of thioether (sulfide) groups is 1. The van der Waals surface area contributed by atoms with Crippen molar-refractivity contribution in [3.63, 3.8) is 0 Å². The predicted molar refractivity (Wildman–Crippen MR) is 122 cm³/mol. The van der Waals surface area contributed by atoms with Crippen LogP contribution in [0, 0.1) is 5.92 Å². The molecule has 2 amide bonds. The molecule has 164 valence electrons. The van der Waals surface area contributed by atoms with Crippen LogP contribution in [0.3, 0.4) is 0 Å². The van der Waals surface area contributed by atoms with Crippen molar-refractivity contribution in [2.75, 3.05) is 32.1 Å². The fourth-order valence-corrected chi connectivity index (χ4v) is 5.03. The SMILES string of the molecule is CCOCCCN1C(=O)CSc2c(c3ccccc3n2C)[C@H]1C(=O)NCCC(C)C. The molecule has 0 bridgehead atoms. The van der Waals surface area contributed by atoms with Gasteiger partial charge in [0, 0.05) is 49.8 Å². The monoisotopic (exact) mass is 431 g/mol. The molecule has 0 spiro atoms. The number of carbonyl (C=O) groups excluding carboxylic acids is 2. The molecule has 0 fully saturated rings. The summed E-state index contributed by atoms with van der Waals surface area (Å²) in [6.45, 7) is 8.59. The zero-order valence-corrected chi connectivity index (χ0v) is 19.3. The van der Waals surface area contributed by atoms with E-state index in [4.69, 9.17) is 4.74 Å². The number of rotatable bonds is 9. The van der Waals surface area contributed by atoms with E-state index >= 15 is 0 Å². The third kappa shape index (κ3) is 4.83. The molecule has 2 heterocycles. The minimum atomic E-state index is -0.623. The van der Waals surface area contributed by atoms with E-state index in [9.17, 15) is 9.59 Å². The first-order valence-corrected chi connectivity index (χ1v) is 11.8. The maximum atomic E-state index is 13.4. The number of amides is 2. The van der Waals surface area contributed by atoms with Gasteiger partial charge in [-0.3, -0.25) is 9.59 Å². The molecular formula is C23H33N3O3S. The Balaban J connectivity index is 2.00. The van der Waals surface area contributed by atoms with Crippen LogP contribution in [0.2, 0.25) is 0 Å². The lowest BCUT2D eigenvalue weighted by Crippen LogP contribution is -2.44. The zero-order valence-electron chi connectivity index (χ0n) is 18.4. The number of aryl methyl sites for hydroxylation is 1. The van der Waals surface area contributed by atoms with Crippen LogP contribution in [0.5, 0.6) is 0 Å². The first-order chi connectivity index (χ1) is 14.5. The van der Waals surface area contributed by atoms with E-state index in [1.165, 1.54) is 11.8 Å². The highest BCUT2D eigenvalue weighted by molar-refractivity contribution is 8.00. The lowest BCUT2D eigenvalue weighted by atomic mass is 10.0. The second kappa shape index (κ2) is 10.4. The molecule has 1 atom stereocenters. The average Bonchev–Trinajstić information content (AvgIpc) is 2.90. The van der Waals surface area contributed by atoms with E-state index in [1.54, 1.807) is 4.90 Å². The number of benzene rings is 1. The lowest BCUT2D eigenvalue weighted by Gasteiger charge is -2.30. The fraction of sp³-hybridized carbons (Fsp3) is 0.565. The molecule has 1 N–H and O–H groups in total. The predicted octanol–water partition coefficient (Wildman–Crippen LogP) is 3.74. The van der Waals surface area contributed by atoms with Gasteiger partial charge in [-0.2, -0.15) is 0 Å².